The molecule has 1 amide bonds. The number of carbonyl (C=O) groups is 1. The van der Waals surface area contributed by atoms with Crippen molar-refractivity contribution < 1.29 is 9.53 Å². The van der Waals surface area contributed by atoms with Crippen molar-refractivity contribution >= 4 is 47.2 Å². The third-order valence-electron chi connectivity index (χ3n) is 4.69. The van der Waals surface area contributed by atoms with E-state index in [1.165, 1.54) is 5.69 Å². The molecule has 0 spiro atoms. The van der Waals surface area contributed by atoms with Crippen LogP contribution in [-0.2, 0) is 4.79 Å². The number of para-hydroxylation sites is 1. The monoisotopic (exact) mass is 509 g/mol. The number of anilines is 2. The van der Waals surface area contributed by atoms with Gasteiger partial charge in [-0.15, -0.1) is 24.0 Å². The maximum Gasteiger partial charge on any atom is 0.243 e. The number of aliphatic imine (C=N–C) groups is 1. The Bertz CT molecular complexity index is 790. The van der Waals surface area contributed by atoms with Crippen LogP contribution in [0.3, 0.4) is 0 Å². The molecule has 7 nitrogen and oxygen atoms in total. The lowest BCUT2D eigenvalue weighted by Gasteiger charge is -2.37. The molecule has 1 fully saturated rings. The van der Waals surface area contributed by atoms with E-state index in [0.29, 0.717) is 0 Å². The second-order valence-corrected chi connectivity index (χ2v) is 6.49. The number of ether oxygens (including phenoxy) is 1. The maximum absolute atomic E-state index is 12.1. The van der Waals surface area contributed by atoms with Crippen molar-refractivity contribution in [2.75, 3.05) is 57.1 Å². The zero-order chi connectivity index (χ0) is 19.8. The first-order chi connectivity index (χ1) is 13.7. The summed E-state index contributed by atoms with van der Waals surface area (Å²) in [5.74, 6) is 1.52. The van der Waals surface area contributed by atoms with Gasteiger partial charge in [0.05, 0.1) is 13.7 Å². The molecule has 0 atom stereocenters. The van der Waals surface area contributed by atoms with Crippen LogP contribution in [0.5, 0.6) is 5.75 Å². The summed E-state index contributed by atoms with van der Waals surface area (Å²) >= 11 is 0. The van der Waals surface area contributed by atoms with Crippen LogP contribution >= 0.6 is 24.0 Å². The molecule has 3 rings (SSSR count). The molecule has 2 N–H and O–H groups in total. The molecular formula is C21H28IN5O2. The topological polar surface area (TPSA) is 69.2 Å². The maximum atomic E-state index is 12.1. The van der Waals surface area contributed by atoms with Crippen molar-refractivity contribution in [1.82, 2.24) is 10.2 Å². The highest BCUT2D eigenvalue weighted by Gasteiger charge is 2.20. The highest BCUT2D eigenvalue weighted by atomic mass is 127. The second-order valence-electron chi connectivity index (χ2n) is 6.49. The Morgan fingerprint density at radius 3 is 2.28 bits per heavy atom. The molecule has 8 heteroatoms. The molecule has 1 aliphatic rings. The van der Waals surface area contributed by atoms with Crippen LogP contribution in [0.15, 0.2) is 59.6 Å². The molecule has 0 bridgehead atoms. The minimum atomic E-state index is -0.0933. The van der Waals surface area contributed by atoms with Crippen molar-refractivity contribution in [1.29, 1.82) is 0 Å². The van der Waals surface area contributed by atoms with E-state index in [1.54, 1.807) is 14.2 Å². The van der Waals surface area contributed by atoms with Gasteiger partial charge >= 0.3 is 0 Å². The summed E-state index contributed by atoms with van der Waals surface area (Å²) in [6.45, 7) is 3.64. The molecule has 1 aliphatic heterocycles. The first-order valence-electron chi connectivity index (χ1n) is 9.39. The zero-order valence-corrected chi connectivity index (χ0v) is 19.1. The second kappa shape index (κ2) is 11.5. The van der Waals surface area contributed by atoms with Crippen LogP contribution < -0.4 is 20.3 Å². The standard InChI is InChI=1S/C21H27N5O2.HI/c1-22-21(23-16-20(27)24-17-6-4-3-5-7-17)26-14-12-25(13-15-26)18-8-10-19(28-2)11-9-18;/h3-11H,12-16H2,1-2H3,(H,22,23)(H,24,27);1H. The number of hydrogen-bond donors (Lipinski definition) is 2. The number of guanidine groups is 1. The number of nitrogens with one attached hydrogen (secondary N) is 2. The summed E-state index contributed by atoms with van der Waals surface area (Å²) in [6.07, 6.45) is 0. The number of methoxy groups -OCH3 is 1. The molecule has 156 valence electrons. The molecule has 29 heavy (non-hydrogen) atoms. The smallest absolute Gasteiger partial charge is 0.243 e. The fraction of sp³-hybridized carbons (Fsp3) is 0.333. The average Bonchev–Trinajstić information content (AvgIpc) is 2.75. The predicted molar refractivity (Wildman–Crippen MR) is 129 cm³/mol. The first-order valence-corrected chi connectivity index (χ1v) is 9.39. The number of rotatable bonds is 5. The van der Waals surface area contributed by atoms with Gasteiger partial charge in [0.1, 0.15) is 5.75 Å². The number of nitrogens with zero attached hydrogens (tertiary/aromatic N) is 3. The van der Waals surface area contributed by atoms with E-state index in [2.05, 4.69) is 37.6 Å². The average molecular weight is 509 g/mol. The van der Waals surface area contributed by atoms with E-state index in [-0.39, 0.29) is 36.4 Å². The van der Waals surface area contributed by atoms with E-state index >= 15 is 0 Å². The minimum absolute atomic E-state index is 0. The molecule has 0 aromatic heterocycles. The number of halogens is 1. The van der Waals surface area contributed by atoms with Gasteiger partial charge < -0.3 is 25.2 Å². The fourth-order valence-corrected chi connectivity index (χ4v) is 3.19. The summed E-state index contributed by atoms with van der Waals surface area (Å²) in [7, 11) is 3.42. The zero-order valence-electron chi connectivity index (χ0n) is 16.8. The summed E-state index contributed by atoms with van der Waals surface area (Å²) < 4.78 is 5.22. The highest BCUT2D eigenvalue weighted by molar-refractivity contribution is 14.0. The number of benzene rings is 2. The molecular weight excluding hydrogens is 481 g/mol. The van der Waals surface area contributed by atoms with Crippen LogP contribution in [0, 0.1) is 0 Å². The Morgan fingerprint density at radius 1 is 1.03 bits per heavy atom. The van der Waals surface area contributed by atoms with E-state index in [0.717, 1.165) is 43.6 Å². The summed E-state index contributed by atoms with van der Waals surface area (Å²) in [6, 6.07) is 17.6. The van der Waals surface area contributed by atoms with Crippen LogP contribution in [-0.4, -0.2) is 63.6 Å². The van der Waals surface area contributed by atoms with Crippen molar-refractivity contribution in [2.45, 2.75) is 0 Å². The Morgan fingerprint density at radius 2 is 1.69 bits per heavy atom. The molecule has 0 radical (unpaired) electrons. The molecule has 0 saturated carbocycles. The fourth-order valence-electron chi connectivity index (χ4n) is 3.19. The first kappa shape index (κ1) is 22.8. The largest absolute Gasteiger partial charge is 0.497 e. The third kappa shape index (κ3) is 6.52. The van der Waals surface area contributed by atoms with Crippen LogP contribution in [0.25, 0.3) is 0 Å². The lowest BCUT2D eigenvalue weighted by molar-refractivity contribution is -0.115. The summed E-state index contributed by atoms with van der Waals surface area (Å²) in [4.78, 5) is 21.0. The Hall–Kier alpha value is -2.49. The van der Waals surface area contributed by atoms with E-state index in [9.17, 15) is 4.79 Å². The third-order valence-corrected chi connectivity index (χ3v) is 4.69. The molecule has 1 heterocycles. The van der Waals surface area contributed by atoms with Crippen molar-refractivity contribution in [3.63, 3.8) is 0 Å². The van der Waals surface area contributed by atoms with E-state index in [1.807, 2.05) is 42.5 Å². The number of amides is 1. The normalized spacial score (nSPS) is 14.1. The summed E-state index contributed by atoms with van der Waals surface area (Å²) in [5, 5.41) is 6.03. The lowest BCUT2D eigenvalue weighted by Crippen LogP contribution is -2.53. The van der Waals surface area contributed by atoms with E-state index in [4.69, 9.17) is 4.74 Å². The van der Waals surface area contributed by atoms with Crippen molar-refractivity contribution in [3.8, 4) is 5.75 Å². The Balaban J connectivity index is 0.00000300. The molecule has 2 aromatic rings. The highest BCUT2D eigenvalue weighted by Crippen LogP contribution is 2.20. The van der Waals surface area contributed by atoms with Gasteiger partial charge in [-0.25, -0.2) is 0 Å². The number of hydrogen-bond acceptors (Lipinski definition) is 4. The van der Waals surface area contributed by atoms with Crippen LogP contribution in [0.4, 0.5) is 11.4 Å². The van der Waals surface area contributed by atoms with Gasteiger partial charge in [-0.2, -0.15) is 0 Å². The van der Waals surface area contributed by atoms with Gasteiger partial charge in [0, 0.05) is 44.6 Å². The summed E-state index contributed by atoms with van der Waals surface area (Å²) in [5.41, 5.74) is 1.98. The minimum Gasteiger partial charge on any atom is -0.497 e. The number of carbonyl (C=O) groups excluding carboxylic acids is 1. The number of piperazine rings is 1. The molecule has 1 saturated heterocycles. The van der Waals surface area contributed by atoms with Gasteiger partial charge in [-0.1, -0.05) is 18.2 Å². The van der Waals surface area contributed by atoms with Gasteiger partial charge in [-0.3, -0.25) is 9.79 Å². The van der Waals surface area contributed by atoms with Crippen molar-refractivity contribution in [3.05, 3.63) is 54.6 Å². The van der Waals surface area contributed by atoms with Gasteiger partial charge in [0.25, 0.3) is 0 Å². The van der Waals surface area contributed by atoms with Gasteiger partial charge in [0.2, 0.25) is 5.91 Å². The quantitative estimate of drug-likeness (QED) is 0.369. The lowest BCUT2D eigenvalue weighted by atomic mass is 10.2. The molecule has 2 aromatic carbocycles. The van der Waals surface area contributed by atoms with Gasteiger partial charge in [-0.05, 0) is 36.4 Å². The van der Waals surface area contributed by atoms with E-state index < -0.39 is 0 Å². The molecule has 0 aliphatic carbocycles. The molecule has 0 unspecified atom stereocenters. The van der Waals surface area contributed by atoms with Gasteiger partial charge in [0.15, 0.2) is 5.96 Å². The Kier molecular flexibility index (Phi) is 9.04. The Labute approximate surface area is 189 Å². The van der Waals surface area contributed by atoms with Crippen LogP contribution in [0.1, 0.15) is 0 Å². The van der Waals surface area contributed by atoms with Crippen molar-refractivity contribution in [2.24, 2.45) is 4.99 Å². The SMILES string of the molecule is CN=C(NCC(=O)Nc1ccccc1)N1CCN(c2ccc(OC)cc2)CC1.I. The predicted octanol–water partition coefficient (Wildman–Crippen LogP) is 2.65. The van der Waals surface area contributed by atoms with Crippen LogP contribution in [0.2, 0.25) is 0 Å².